The van der Waals surface area contributed by atoms with Crippen LogP contribution in [0.3, 0.4) is 0 Å². The van der Waals surface area contributed by atoms with E-state index in [1.165, 1.54) is 66.4 Å². The van der Waals surface area contributed by atoms with E-state index in [9.17, 15) is 0 Å². The van der Waals surface area contributed by atoms with Crippen LogP contribution in [0.2, 0.25) is 0 Å². The average Bonchev–Trinajstić information content (AvgIpc) is 3.25. The molecule has 0 amide bonds. The van der Waals surface area contributed by atoms with Crippen LogP contribution in [0, 0.1) is 0 Å². The molecular formula is C52H37N. The molecule has 9 rings (SSSR count). The highest BCUT2D eigenvalue weighted by molar-refractivity contribution is 6.01. The molecule has 0 fully saturated rings. The van der Waals surface area contributed by atoms with Gasteiger partial charge in [0.15, 0.2) is 0 Å². The smallest absolute Gasteiger partial charge is 0.0540 e. The number of nitrogens with zero attached hydrogens (tertiary/aromatic N) is 1. The fraction of sp³-hybridized carbons (Fsp3) is 0. The van der Waals surface area contributed by atoms with Crippen LogP contribution in [0.4, 0.5) is 17.1 Å². The Morgan fingerprint density at radius 1 is 0.245 bits per heavy atom. The maximum atomic E-state index is 2.38. The van der Waals surface area contributed by atoms with Crippen LogP contribution in [0.25, 0.3) is 66.4 Å². The molecule has 0 N–H and O–H groups in total. The van der Waals surface area contributed by atoms with Crippen LogP contribution in [0.15, 0.2) is 224 Å². The predicted octanol–water partition coefficient (Wildman–Crippen LogP) is 14.6. The van der Waals surface area contributed by atoms with Crippen molar-refractivity contribution in [3.63, 3.8) is 0 Å². The molecule has 0 spiro atoms. The monoisotopic (exact) mass is 675 g/mol. The molecule has 250 valence electrons. The molecule has 1 nitrogen and oxygen atoms in total. The highest BCUT2D eigenvalue weighted by Crippen LogP contribution is 2.43. The van der Waals surface area contributed by atoms with Crippen LogP contribution in [-0.4, -0.2) is 0 Å². The molecule has 0 aromatic heterocycles. The summed E-state index contributed by atoms with van der Waals surface area (Å²) in [6.07, 6.45) is 0. The molecule has 0 saturated carbocycles. The van der Waals surface area contributed by atoms with E-state index >= 15 is 0 Å². The van der Waals surface area contributed by atoms with E-state index in [-0.39, 0.29) is 0 Å². The molecule has 0 aliphatic carbocycles. The van der Waals surface area contributed by atoms with E-state index < -0.39 is 0 Å². The second kappa shape index (κ2) is 14.3. The molecule has 0 aliphatic rings. The Bertz CT molecular complexity index is 2620. The van der Waals surface area contributed by atoms with Crippen LogP contribution in [0.5, 0.6) is 0 Å². The Morgan fingerprint density at radius 2 is 0.698 bits per heavy atom. The van der Waals surface area contributed by atoms with Gasteiger partial charge in [0, 0.05) is 16.9 Å². The molecule has 9 aromatic carbocycles. The molecule has 0 atom stereocenters. The normalized spacial score (nSPS) is 11.0. The van der Waals surface area contributed by atoms with E-state index in [4.69, 9.17) is 0 Å². The third kappa shape index (κ3) is 6.42. The molecule has 9 aromatic rings. The Labute approximate surface area is 311 Å². The van der Waals surface area contributed by atoms with Crippen molar-refractivity contribution in [3.8, 4) is 55.6 Å². The fourth-order valence-electron chi connectivity index (χ4n) is 7.47. The van der Waals surface area contributed by atoms with Gasteiger partial charge in [-0.25, -0.2) is 0 Å². The summed E-state index contributed by atoms with van der Waals surface area (Å²) in [5, 5.41) is 2.50. The SMILES string of the molecule is c1ccc(-c2ccc(N(c3ccc(-c4ccc(-c5ccccc5)c(-c5cccc6ccccc56)c4)cc3)c3ccccc3-c3ccccc3)cc2)cc1. The van der Waals surface area contributed by atoms with Crippen molar-refractivity contribution < 1.29 is 0 Å². The van der Waals surface area contributed by atoms with Gasteiger partial charge in [-0.1, -0.05) is 188 Å². The van der Waals surface area contributed by atoms with Crippen LogP contribution in [-0.2, 0) is 0 Å². The molecular weight excluding hydrogens is 639 g/mol. The predicted molar refractivity (Wildman–Crippen MR) is 226 cm³/mol. The van der Waals surface area contributed by atoms with E-state index in [0.717, 1.165) is 17.1 Å². The van der Waals surface area contributed by atoms with Gasteiger partial charge >= 0.3 is 0 Å². The maximum Gasteiger partial charge on any atom is 0.0540 e. The summed E-state index contributed by atoms with van der Waals surface area (Å²) in [7, 11) is 0. The fourth-order valence-corrected chi connectivity index (χ4v) is 7.47. The number of para-hydroxylation sites is 1. The summed E-state index contributed by atoms with van der Waals surface area (Å²) in [6.45, 7) is 0. The summed E-state index contributed by atoms with van der Waals surface area (Å²) in [4.78, 5) is 2.38. The Morgan fingerprint density at radius 3 is 1.36 bits per heavy atom. The molecule has 0 radical (unpaired) electrons. The van der Waals surface area contributed by atoms with Crippen molar-refractivity contribution >= 4 is 27.8 Å². The third-order valence-corrected chi connectivity index (χ3v) is 10.1. The highest BCUT2D eigenvalue weighted by atomic mass is 15.1. The van der Waals surface area contributed by atoms with Crippen molar-refractivity contribution in [2.45, 2.75) is 0 Å². The van der Waals surface area contributed by atoms with Gasteiger partial charge in [-0.15, -0.1) is 0 Å². The molecule has 1 heteroatoms. The number of anilines is 3. The lowest BCUT2D eigenvalue weighted by Crippen LogP contribution is -2.11. The molecule has 0 bridgehead atoms. The minimum absolute atomic E-state index is 1.10. The Balaban J connectivity index is 1.15. The maximum absolute atomic E-state index is 2.38. The van der Waals surface area contributed by atoms with Crippen molar-refractivity contribution in [2.24, 2.45) is 0 Å². The van der Waals surface area contributed by atoms with E-state index in [1.54, 1.807) is 0 Å². The molecule has 0 unspecified atom stereocenters. The zero-order valence-corrected chi connectivity index (χ0v) is 29.3. The van der Waals surface area contributed by atoms with Gasteiger partial charge in [-0.05, 0) is 97.2 Å². The first kappa shape index (κ1) is 32.0. The van der Waals surface area contributed by atoms with E-state index in [2.05, 4.69) is 229 Å². The second-order valence-electron chi connectivity index (χ2n) is 13.3. The summed E-state index contributed by atoms with van der Waals surface area (Å²) in [5.74, 6) is 0. The number of hydrogen-bond donors (Lipinski definition) is 0. The lowest BCUT2D eigenvalue weighted by molar-refractivity contribution is 1.28. The van der Waals surface area contributed by atoms with Gasteiger partial charge < -0.3 is 4.90 Å². The first-order valence-corrected chi connectivity index (χ1v) is 18.2. The van der Waals surface area contributed by atoms with Crippen molar-refractivity contribution in [2.75, 3.05) is 4.90 Å². The van der Waals surface area contributed by atoms with E-state index in [0.29, 0.717) is 0 Å². The van der Waals surface area contributed by atoms with Crippen molar-refractivity contribution in [1.29, 1.82) is 0 Å². The molecule has 0 saturated heterocycles. The minimum atomic E-state index is 1.10. The third-order valence-electron chi connectivity index (χ3n) is 10.1. The topological polar surface area (TPSA) is 3.24 Å². The number of hydrogen-bond acceptors (Lipinski definition) is 1. The van der Waals surface area contributed by atoms with E-state index in [1.807, 2.05) is 0 Å². The van der Waals surface area contributed by atoms with Gasteiger partial charge in [0.25, 0.3) is 0 Å². The minimum Gasteiger partial charge on any atom is -0.310 e. The average molecular weight is 676 g/mol. The van der Waals surface area contributed by atoms with Crippen molar-refractivity contribution in [1.82, 2.24) is 0 Å². The zero-order valence-electron chi connectivity index (χ0n) is 29.3. The number of fused-ring (bicyclic) bond motifs is 1. The van der Waals surface area contributed by atoms with Gasteiger partial charge in [0.05, 0.1) is 5.69 Å². The molecule has 0 heterocycles. The van der Waals surface area contributed by atoms with Crippen molar-refractivity contribution in [3.05, 3.63) is 224 Å². The van der Waals surface area contributed by atoms with Gasteiger partial charge in [-0.3, -0.25) is 0 Å². The van der Waals surface area contributed by atoms with Gasteiger partial charge in [-0.2, -0.15) is 0 Å². The first-order chi connectivity index (χ1) is 26.3. The standard InChI is InChI=1S/C52H37N/c1-4-15-38(16-5-1)39-27-32-45(33-28-39)53(52-26-13-12-24-49(52)43-19-8-3-9-20-43)46-34-29-40(30-35-46)44-31-36-48(41-17-6-2-7-18-41)51(37-44)50-25-14-22-42-21-10-11-23-47(42)50/h1-37H. The quantitative estimate of drug-likeness (QED) is 0.155. The van der Waals surface area contributed by atoms with Gasteiger partial charge in [0.1, 0.15) is 0 Å². The first-order valence-electron chi connectivity index (χ1n) is 18.2. The molecule has 0 aliphatic heterocycles. The largest absolute Gasteiger partial charge is 0.310 e. The Hall–Kier alpha value is -6.96. The lowest BCUT2D eigenvalue weighted by atomic mass is 9.89. The zero-order chi connectivity index (χ0) is 35.4. The summed E-state index contributed by atoms with van der Waals surface area (Å²) < 4.78 is 0. The van der Waals surface area contributed by atoms with Crippen LogP contribution >= 0.6 is 0 Å². The number of benzene rings is 9. The summed E-state index contributed by atoms with van der Waals surface area (Å²) in [6, 6.07) is 80.8. The highest BCUT2D eigenvalue weighted by Gasteiger charge is 2.18. The Kier molecular flexibility index (Phi) is 8.66. The second-order valence-corrected chi connectivity index (χ2v) is 13.3. The summed E-state index contributed by atoms with van der Waals surface area (Å²) in [5.41, 5.74) is 15.4. The number of rotatable bonds is 8. The van der Waals surface area contributed by atoms with Crippen LogP contribution < -0.4 is 4.90 Å². The summed E-state index contributed by atoms with van der Waals surface area (Å²) >= 11 is 0. The van der Waals surface area contributed by atoms with Gasteiger partial charge in [0.2, 0.25) is 0 Å². The van der Waals surface area contributed by atoms with Crippen LogP contribution in [0.1, 0.15) is 0 Å². The molecule has 53 heavy (non-hydrogen) atoms. The lowest BCUT2D eigenvalue weighted by Gasteiger charge is -2.28.